The average Bonchev–Trinajstić information content (AvgIpc) is 2.44. The number of halogens is 2. The summed E-state index contributed by atoms with van der Waals surface area (Å²) in [5, 5.41) is 3.29. The molecule has 0 aliphatic carbocycles. The molecule has 2 rings (SSSR count). The van der Waals surface area contributed by atoms with Crippen LogP contribution in [-0.4, -0.2) is 13.7 Å². The largest absolute Gasteiger partial charge is 0.380 e. The highest BCUT2D eigenvalue weighted by Gasteiger charge is 2.02. The van der Waals surface area contributed by atoms with Crippen molar-refractivity contribution in [1.29, 1.82) is 0 Å². The van der Waals surface area contributed by atoms with Crippen LogP contribution in [0, 0.1) is 11.6 Å². The van der Waals surface area contributed by atoms with Crippen molar-refractivity contribution in [2.75, 3.05) is 13.7 Å². The molecule has 0 saturated heterocycles. The first-order valence-electron chi connectivity index (χ1n) is 6.90. The van der Waals surface area contributed by atoms with Crippen LogP contribution < -0.4 is 5.32 Å². The number of rotatable bonds is 7. The molecule has 0 spiro atoms. The highest BCUT2D eigenvalue weighted by atomic mass is 19.1. The van der Waals surface area contributed by atoms with Crippen molar-refractivity contribution < 1.29 is 13.5 Å². The van der Waals surface area contributed by atoms with Gasteiger partial charge < -0.3 is 10.1 Å². The van der Waals surface area contributed by atoms with Gasteiger partial charge in [-0.1, -0.05) is 24.3 Å². The van der Waals surface area contributed by atoms with E-state index in [1.807, 2.05) is 24.3 Å². The molecule has 0 fully saturated rings. The zero-order valence-corrected chi connectivity index (χ0v) is 12.0. The van der Waals surface area contributed by atoms with Crippen molar-refractivity contribution in [1.82, 2.24) is 5.32 Å². The molecule has 0 bridgehead atoms. The lowest BCUT2D eigenvalue weighted by Crippen LogP contribution is -2.18. The van der Waals surface area contributed by atoms with Crippen LogP contribution in [0.1, 0.15) is 16.7 Å². The first-order valence-corrected chi connectivity index (χ1v) is 6.90. The van der Waals surface area contributed by atoms with Crippen LogP contribution in [0.2, 0.25) is 0 Å². The predicted octanol–water partition coefficient (Wildman–Crippen LogP) is 3.44. The lowest BCUT2D eigenvalue weighted by atomic mass is 10.1. The number of ether oxygens (including phenoxy) is 1. The Morgan fingerprint density at radius 1 is 1.00 bits per heavy atom. The molecule has 21 heavy (non-hydrogen) atoms. The van der Waals surface area contributed by atoms with E-state index in [1.165, 1.54) is 17.7 Å². The summed E-state index contributed by atoms with van der Waals surface area (Å²) in [5.74, 6) is -1.06. The van der Waals surface area contributed by atoms with E-state index in [2.05, 4.69) is 5.32 Å². The molecule has 0 aliphatic rings. The van der Waals surface area contributed by atoms with Gasteiger partial charge in [0.25, 0.3) is 0 Å². The van der Waals surface area contributed by atoms with Gasteiger partial charge in [-0.05, 0) is 41.8 Å². The van der Waals surface area contributed by atoms with Gasteiger partial charge in [0.05, 0.1) is 6.61 Å². The van der Waals surface area contributed by atoms with Crippen LogP contribution in [0.5, 0.6) is 0 Å². The SMILES string of the molecule is COCc1ccccc1CNCCc1cc(F)cc(F)c1. The van der Waals surface area contributed by atoms with Crippen LogP contribution in [-0.2, 0) is 24.3 Å². The van der Waals surface area contributed by atoms with Crippen LogP contribution in [0.3, 0.4) is 0 Å². The van der Waals surface area contributed by atoms with Crippen molar-refractivity contribution in [2.24, 2.45) is 0 Å². The standard InChI is InChI=1S/C17H19F2NO/c1-21-12-15-5-3-2-4-14(15)11-20-7-6-13-8-16(18)10-17(19)9-13/h2-5,8-10,20H,6-7,11-12H2,1H3. The Kier molecular flexibility index (Phi) is 5.84. The van der Waals surface area contributed by atoms with E-state index in [0.717, 1.165) is 11.6 Å². The fourth-order valence-corrected chi connectivity index (χ4v) is 2.24. The lowest BCUT2D eigenvalue weighted by molar-refractivity contribution is 0.184. The molecule has 2 aromatic carbocycles. The predicted molar refractivity (Wildman–Crippen MR) is 78.9 cm³/mol. The third kappa shape index (κ3) is 4.92. The Balaban J connectivity index is 1.84. The summed E-state index contributed by atoms with van der Waals surface area (Å²) in [6.45, 7) is 1.94. The molecular formula is C17H19F2NO. The summed E-state index contributed by atoms with van der Waals surface area (Å²) in [7, 11) is 1.67. The molecule has 0 heterocycles. The van der Waals surface area contributed by atoms with E-state index in [9.17, 15) is 8.78 Å². The topological polar surface area (TPSA) is 21.3 Å². The minimum Gasteiger partial charge on any atom is -0.380 e. The second-order valence-electron chi connectivity index (χ2n) is 4.91. The van der Waals surface area contributed by atoms with Crippen molar-refractivity contribution in [3.05, 3.63) is 70.8 Å². The van der Waals surface area contributed by atoms with Crippen molar-refractivity contribution in [3.8, 4) is 0 Å². The van der Waals surface area contributed by atoms with Gasteiger partial charge in [0, 0.05) is 19.7 Å². The summed E-state index contributed by atoms with van der Waals surface area (Å²) in [6.07, 6.45) is 0.584. The number of benzene rings is 2. The molecule has 0 atom stereocenters. The molecule has 0 radical (unpaired) electrons. The van der Waals surface area contributed by atoms with Crippen LogP contribution in [0.25, 0.3) is 0 Å². The zero-order chi connectivity index (χ0) is 15.1. The van der Waals surface area contributed by atoms with Crippen LogP contribution in [0.4, 0.5) is 8.78 Å². The molecular weight excluding hydrogens is 272 g/mol. The molecule has 0 unspecified atom stereocenters. The Labute approximate surface area is 123 Å². The normalized spacial score (nSPS) is 10.8. The fourth-order valence-electron chi connectivity index (χ4n) is 2.24. The second-order valence-corrected chi connectivity index (χ2v) is 4.91. The molecule has 112 valence electrons. The van der Waals surface area contributed by atoms with E-state index < -0.39 is 11.6 Å². The van der Waals surface area contributed by atoms with E-state index in [0.29, 0.717) is 31.7 Å². The Bertz CT molecular complexity index is 567. The Morgan fingerprint density at radius 3 is 2.33 bits per heavy atom. The number of methoxy groups -OCH3 is 1. The van der Waals surface area contributed by atoms with E-state index >= 15 is 0 Å². The summed E-state index contributed by atoms with van der Waals surface area (Å²) in [6, 6.07) is 11.7. The average molecular weight is 291 g/mol. The highest BCUT2D eigenvalue weighted by molar-refractivity contribution is 5.26. The van der Waals surface area contributed by atoms with Crippen LogP contribution >= 0.6 is 0 Å². The molecule has 0 saturated carbocycles. The number of hydrogen-bond donors (Lipinski definition) is 1. The number of nitrogens with one attached hydrogen (secondary N) is 1. The van der Waals surface area contributed by atoms with E-state index in [4.69, 9.17) is 4.74 Å². The van der Waals surface area contributed by atoms with Crippen molar-refractivity contribution >= 4 is 0 Å². The zero-order valence-electron chi connectivity index (χ0n) is 12.0. The Hall–Kier alpha value is -1.78. The third-order valence-corrected chi connectivity index (χ3v) is 3.25. The Morgan fingerprint density at radius 2 is 1.67 bits per heavy atom. The second kappa shape index (κ2) is 7.86. The highest BCUT2D eigenvalue weighted by Crippen LogP contribution is 2.10. The van der Waals surface area contributed by atoms with Gasteiger partial charge in [0.15, 0.2) is 0 Å². The minimum atomic E-state index is -0.532. The molecule has 0 aromatic heterocycles. The molecule has 0 aliphatic heterocycles. The molecule has 2 aromatic rings. The summed E-state index contributed by atoms with van der Waals surface area (Å²) >= 11 is 0. The molecule has 0 amide bonds. The number of hydrogen-bond acceptors (Lipinski definition) is 2. The maximum atomic E-state index is 13.1. The maximum absolute atomic E-state index is 13.1. The minimum absolute atomic E-state index is 0.532. The monoisotopic (exact) mass is 291 g/mol. The fraction of sp³-hybridized carbons (Fsp3) is 0.294. The van der Waals surface area contributed by atoms with Gasteiger partial charge in [0.2, 0.25) is 0 Å². The van der Waals surface area contributed by atoms with Gasteiger partial charge in [-0.25, -0.2) is 8.78 Å². The van der Waals surface area contributed by atoms with Crippen LogP contribution in [0.15, 0.2) is 42.5 Å². The molecule has 4 heteroatoms. The van der Waals surface area contributed by atoms with E-state index in [1.54, 1.807) is 7.11 Å². The summed E-state index contributed by atoms with van der Waals surface area (Å²) < 4.78 is 31.3. The van der Waals surface area contributed by atoms with Gasteiger partial charge in [-0.15, -0.1) is 0 Å². The van der Waals surface area contributed by atoms with Gasteiger partial charge in [0.1, 0.15) is 11.6 Å². The molecule has 1 N–H and O–H groups in total. The first kappa shape index (κ1) is 15.6. The first-order chi connectivity index (χ1) is 10.2. The maximum Gasteiger partial charge on any atom is 0.126 e. The van der Waals surface area contributed by atoms with Gasteiger partial charge in [-0.3, -0.25) is 0 Å². The van der Waals surface area contributed by atoms with Gasteiger partial charge in [-0.2, -0.15) is 0 Å². The smallest absolute Gasteiger partial charge is 0.126 e. The third-order valence-electron chi connectivity index (χ3n) is 3.25. The van der Waals surface area contributed by atoms with Gasteiger partial charge >= 0.3 is 0 Å². The summed E-state index contributed by atoms with van der Waals surface area (Å²) in [5.41, 5.74) is 2.97. The molecule has 2 nitrogen and oxygen atoms in total. The van der Waals surface area contributed by atoms with Crippen molar-refractivity contribution in [3.63, 3.8) is 0 Å². The lowest BCUT2D eigenvalue weighted by Gasteiger charge is -2.10. The van der Waals surface area contributed by atoms with E-state index in [-0.39, 0.29) is 0 Å². The quantitative estimate of drug-likeness (QED) is 0.789. The summed E-state index contributed by atoms with van der Waals surface area (Å²) in [4.78, 5) is 0. The van der Waals surface area contributed by atoms with Crippen molar-refractivity contribution in [2.45, 2.75) is 19.6 Å².